The van der Waals surface area contributed by atoms with E-state index in [1.165, 1.54) is 0 Å². The second-order valence-electron chi connectivity index (χ2n) is 4.40. The quantitative estimate of drug-likeness (QED) is 0.631. The number of rotatable bonds is 6. The number of hydrogen-bond acceptors (Lipinski definition) is 5. The summed E-state index contributed by atoms with van der Waals surface area (Å²) >= 11 is 6.11. The monoisotopic (exact) mass is 310 g/mol. The van der Waals surface area contributed by atoms with E-state index >= 15 is 0 Å². The number of hydrazine groups is 1. The average molecular weight is 311 g/mol. The molecule has 3 N–H and O–H groups in total. The summed E-state index contributed by atoms with van der Waals surface area (Å²) in [6, 6.07) is 5.04. The van der Waals surface area contributed by atoms with Gasteiger partial charge in [0.15, 0.2) is 5.75 Å². The molecule has 0 saturated heterocycles. The lowest BCUT2D eigenvalue weighted by atomic mass is 10.0. The first kappa shape index (κ1) is 15.6. The van der Waals surface area contributed by atoms with Crippen LogP contribution in [-0.4, -0.2) is 24.0 Å². The Morgan fingerprint density at radius 2 is 2.05 bits per heavy atom. The molecule has 1 aromatic heterocycles. The second kappa shape index (κ2) is 6.80. The van der Waals surface area contributed by atoms with Crippen molar-refractivity contribution >= 4 is 11.6 Å². The highest BCUT2D eigenvalue weighted by molar-refractivity contribution is 6.30. The molecule has 21 heavy (non-hydrogen) atoms. The molecular weight excluding hydrogens is 292 g/mol. The first-order chi connectivity index (χ1) is 10.2. The number of aryl methyl sites for hydroxylation is 1. The highest BCUT2D eigenvalue weighted by Gasteiger charge is 2.25. The van der Waals surface area contributed by atoms with Gasteiger partial charge in [-0.25, -0.2) is 5.43 Å². The zero-order chi connectivity index (χ0) is 15.4. The van der Waals surface area contributed by atoms with Gasteiger partial charge in [0.2, 0.25) is 0 Å². The molecule has 0 spiro atoms. The molecule has 1 atom stereocenters. The van der Waals surface area contributed by atoms with Gasteiger partial charge in [0.1, 0.15) is 11.4 Å². The topological polar surface area (TPSA) is 74.3 Å². The number of hydrogen-bond donors (Lipinski definition) is 2. The number of aromatic nitrogens is 2. The van der Waals surface area contributed by atoms with Gasteiger partial charge in [-0.05, 0) is 25.1 Å². The Morgan fingerprint density at radius 1 is 1.33 bits per heavy atom. The standard InChI is InChI=1S/C14H19ClN4O2/c1-4-19-14(12(21-3)8-17-19)13(18-16)10-7-9(15)5-6-11(10)20-2/h5-8,13,18H,4,16H2,1-3H3. The molecule has 2 aromatic rings. The van der Waals surface area contributed by atoms with Gasteiger partial charge in [0.25, 0.3) is 0 Å². The molecule has 0 fully saturated rings. The fourth-order valence-corrected chi connectivity index (χ4v) is 2.51. The first-order valence-corrected chi connectivity index (χ1v) is 6.93. The number of nitrogens with two attached hydrogens (primary N) is 1. The molecule has 0 radical (unpaired) electrons. The summed E-state index contributed by atoms with van der Waals surface area (Å²) in [6.07, 6.45) is 1.67. The molecule has 0 amide bonds. The highest BCUT2D eigenvalue weighted by atomic mass is 35.5. The second-order valence-corrected chi connectivity index (χ2v) is 4.84. The fourth-order valence-electron chi connectivity index (χ4n) is 2.33. The number of methoxy groups -OCH3 is 2. The van der Waals surface area contributed by atoms with Gasteiger partial charge in [-0.1, -0.05) is 11.6 Å². The normalized spacial score (nSPS) is 12.2. The third-order valence-corrected chi connectivity index (χ3v) is 3.54. The lowest BCUT2D eigenvalue weighted by Gasteiger charge is -2.21. The molecule has 6 nitrogen and oxygen atoms in total. The molecule has 114 valence electrons. The van der Waals surface area contributed by atoms with Crippen LogP contribution in [0.5, 0.6) is 11.5 Å². The SMILES string of the molecule is CCn1ncc(OC)c1C(NN)c1cc(Cl)ccc1OC. The Balaban J connectivity index is 2.59. The van der Waals surface area contributed by atoms with Gasteiger partial charge in [-0.2, -0.15) is 5.10 Å². The lowest BCUT2D eigenvalue weighted by Crippen LogP contribution is -2.31. The van der Waals surface area contributed by atoms with Crippen molar-refractivity contribution in [2.45, 2.75) is 19.5 Å². The Morgan fingerprint density at radius 3 is 2.62 bits per heavy atom. The molecule has 0 aliphatic heterocycles. The minimum absolute atomic E-state index is 0.351. The number of halogens is 1. The maximum Gasteiger partial charge on any atom is 0.161 e. The van der Waals surface area contributed by atoms with Gasteiger partial charge in [0.05, 0.1) is 26.5 Å². The molecule has 7 heteroatoms. The van der Waals surface area contributed by atoms with Crippen molar-refractivity contribution in [3.8, 4) is 11.5 Å². The number of nitrogens with zero attached hydrogens (tertiary/aromatic N) is 2. The minimum Gasteiger partial charge on any atom is -0.496 e. The predicted octanol–water partition coefficient (Wildman–Crippen LogP) is 2.13. The smallest absolute Gasteiger partial charge is 0.161 e. The molecule has 0 aliphatic rings. The largest absolute Gasteiger partial charge is 0.496 e. The van der Waals surface area contributed by atoms with Gasteiger partial charge in [0, 0.05) is 17.1 Å². The van der Waals surface area contributed by atoms with Crippen LogP contribution in [0, 0.1) is 0 Å². The van der Waals surface area contributed by atoms with E-state index in [1.807, 2.05) is 17.7 Å². The summed E-state index contributed by atoms with van der Waals surface area (Å²) in [5.41, 5.74) is 4.44. The summed E-state index contributed by atoms with van der Waals surface area (Å²) in [7, 11) is 3.21. The summed E-state index contributed by atoms with van der Waals surface area (Å²) in [4.78, 5) is 0. The van der Waals surface area contributed by atoms with Crippen LogP contribution in [0.15, 0.2) is 24.4 Å². The van der Waals surface area contributed by atoms with Crippen LogP contribution in [0.1, 0.15) is 24.2 Å². The number of nitrogens with one attached hydrogen (secondary N) is 1. The minimum atomic E-state index is -0.351. The van der Waals surface area contributed by atoms with Gasteiger partial charge >= 0.3 is 0 Å². The van der Waals surface area contributed by atoms with Crippen LogP contribution < -0.4 is 20.7 Å². The van der Waals surface area contributed by atoms with Crippen molar-refractivity contribution < 1.29 is 9.47 Å². The molecular formula is C14H19ClN4O2. The maximum absolute atomic E-state index is 6.11. The van der Waals surface area contributed by atoms with Crippen LogP contribution >= 0.6 is 11.6 Å². The van der Waals surface area contributed by atoms with E-state index in [4.69, 9.17) is 26.9 Å². The molecule has 0 saturated carbocycles. The summed E-state index contributed by atoms with van der Waals surface area (Å²) < 4.78 is 12.6. The third-order valence-electron chi connectivity index (χ3n) is 3.31. The van der Waals surface area contributed by atoms with E-state index in [1.54, 1.807) is 32.5 Å². The summed E-state index contributed by atoms with van der Waals surface area (Å²) in [5.74, 6) is 7.11. The van der Waals surface area contributed by atoms with E-state index in [-0.39, 0.29) is 6.04 Å². The van der Waals surface area contributed by atoms with Crippen molar-refractivity contribution in [1.82, 2.24) is 15.2 Å². The highest BCUT2D eigenvalue weighted by Crippen LogP contribution is 2.35. The lowest BCUT2D eigenvalue weighted by molar-refractivity contribution is 0.388. The van der Waals surface area contributed by atoms with Crippen LogP contribution in [0.4, 0.5) is 0 Å². The van der Waals surface area contributed by atoms with Crippen molar-refractivity contribution in [1.29, 1.82) is 0 Å². The molecule has 2 rings (SSSR count). The average Bonchev–Trinajstić information content (AvgIpc) is 2.91. The molecule has 0 aliphatic carbocycles. The van der Waals surface area contributed by atoms with Gasteiger partial charge in [-0.15, -0.1) is 0 Å². The molecule has 1 aromatic carbocycles. The van der Waals surface area contributed by atoms with E-state index in [2.05, 4.69) is 10.5 Å². The van der Waals surface area contributed by atoms with E-state index in [9.17, 15) is 0 Å². The zero-order valence-electron chi connectivity index (χ0n) is 12.3. The van der Waals surface area contributed by atoms with Crippen LogP contribution in [0.25, 0.3) is 0 Å². The van der Waals surface area contributed by atoms with Gasteiger partial charge < -0.3 is 9.47 Å². The Kier molecular flexibility index (Phi) is 5.06. The molecule has 1 heterocycles. The van der Waals surface area contributed by atoms with Crippen LogP contribution in [-0.2, 0) is 6.54 Å². The number of benzene rings is 1. The Bertz CT molecular complexity index is 594. The molecule has 1 unspecified atom stereocenters. The number of ether oxygens (including phenoxy) is 2. The van der Waals surface area contributed by atoms with Crippen molar-refractivity contribution in [2.24, 2.45) is 5.84 Å². The van der Waals surface area contributed by atoms with Crippen molar-refractivity contribution in [3.63, 3.8) is 0 Å². The Labute approximate surface area is 128 Å². The van der Waals surface area contributed by atoms with Crippen molar-refractivity contribution in [2.75, 3.05) is 14.2 Å². The maximum atomic E-state index is 6.11. The van der Waals surface area contributed by atoms with E-state index < -0.39 is 0 Å². The summed E-state index contributed by atoms with van der Waals surface area (Å²) in [6.45, 7) is 2.69. The van der Waals surface area contributed by atoms with E-state index in [0.29, 0.717) is 23.1 Å². The first-order valence-electron chi connectivity index (χ1n) is 6.55. The van der Waals surface area contributed by atoms with E-state index in [0.717, 1.165) is 11.3 Å². The third kappa shape index (κ3) is 2.97. The summed E-state index contributed by atoms with van der Waals surface area (Å²) in [5, 5.41) is 4.90. The van der Waals surface area contributed by atoms with Gasteiger partial charge in [-0.3, -0.25) is 10.5 Å². The zero-order valence-corrected chi connectivity index (χ0v) is 13.0. The van der Waals surface area contributed by atoms with Crippen LogP contribution in [0.3, 0.4) is 0 Å². The Hall–Kier alpha value is -1.76. The fraction of sp³-hybridized carbons (Fsp3) is 0.357. The van der Waals surface area contributed by atoms with Crippen molar-refractivity contribution in [3.05, 3.63) is 40.7 Å². The van der Waals surface area contributed by atoms with Crippen LogP contribution in [0.2, 0.25) is 5.02 Å². The molecule has 0 bridgehead atoms. The predicted molar refractivity (Wildman–Crippen MR) is 81.6 cm³/mol.